The average molecular weight is 327 g/mol. The van der Waals surface area contributed by atoms with Gasteiger partial charge < -0.3 is 5.32 Å². The van der Waals surface area contributed by atoms with Crippen molar-refractivity contribution < 1.29 is 0 Å². The van der Waals surface area contributed by atoms with Gasteiger partial charge in [0.2, 0.25) is 0 Å². The molecule has 1 N–H and O–H groups in total. The molecule has 0 saturated carbocycles. The normalized spacial score (nSPS) is 13.9. The van der Waals surface area contributed by atoms with Crippen molar-refractivity contribution in [2.45, 2.75) is 12.8 Å². The standard InChI is InChI=1S/C22H21N3/c1-3-4-10-17(2)19-13-8-15-21(23-19)25-22-16-9-14-20(24-22)18-11-6-5-7-12-18/h3-7,9-12,14-16H,1-2,8,13H2,(H,24,25)/b10-4-. The first kappa shape index (κ1) is 16.7. The van der Waals surface area contributed by atoms with E-state index < -0.39 is 0 Å². The number of hydrogen-bond acceptors (Lipinski definition) is 3. The molecule has 1 aliphatic heterocycles. The van der Waals surface area contributed by atoms with Gasteiger partial charge in [-0.05, 0) is 36.6 Å². The maximum absolute atomic E-state index is 4.69. The molecule has 3 heteroatoms. The molecule has 3 nitrogen and oxygen atoms in total. The Bertz CT molecular complexity index is 858. The van der Waals surface area contributed by atoms with E-state index in [-0.39, 0.29) is 0 Å². The Kier molecular flexibility index (Phi) is 5.37. The predicted octanol–water partition coefficient (Wildman–Crippen LogP) is 5.54. The minimum Gasteiger partial charge on any atom is -0.325 e. The van der Waals surface area contributed by atoms with Crippen molar-refractivity contribution in [1.82, 2.24) is 4.98 Å². The lowest BCUT2D eigenvalue weighted by Gasteiger charge is -2.15. The van der Waals surface area contributed by atoms with Gasteiger partial charge in [-0.15, -0.1) is 0 Å². The molecule has 0 bridgehead atoms. The molecule has 0 unspecified atom stereocenters. The summed E-state index contributed by atoms with van der Waals surface area (Å²) in [5.41, 5.74) is 3.93. The van der Waals surface area contributed by atoms with E-state index in [1.807, 2.05) is 48.6 Å². The SMILES string of the molecule is C=C/C=C\C(=C)C1=NC(Nc2cccc(-c3ccccc3)n2)=CCC1. The van der Waals surface area contributed by atoms with E-state index in [4.69, 9.17) is 0 Å². The Hall–Kier alpha value is -3.20. The highest BCUT2D eigenvalue weighted by molar-refractivity contribution is 6.03. The first-order chi connectivity index (χ1) is 12.3. The van der Waals surface area contributed by atoms with Crippen LogP contribution in [0.2, 0.25) is 0 Å². The number of nitrogens with zero attached hydrogens (tertiary/aromatic N) is 2. The lowest BCUT2D eigenvalue weighted by atomic mass is 10.0. The zero-order valence-electron chi connectivity index (χ0n) is 14.2. The molecular formula is C22H21N3. The molecule has 1 aliphatic rings. The van der Waals surface area contributed by atoms with Crippen molar-refractivity contribution in [3.8, 4) is 11.3 Å². The van der Waals surface area contributed by atoms with Gasteiger partial charge in [0.15, 0.2) is 0 Å². The number of rotatable bonds is 6. The van der Waals surface area contributed by atoms with Gasteiger partial charge in [0, 0.05) is 11.3 Å². The fourth-order valence-corrected chi connectivity index (χ4v) is 2.59. The molecule has 0 saturated heterocycles. The fraction of sp³-hybridized carbons (Fsp3) is 0.0909. The second-order valence-electron chi connectivity index (χ2n) is 5.71. The first-order valence-electron chi connectivity index (χ1n) is 8.32. The number of anilines is 1. The summed E-state index contributed by atoms with van der Waals surface area (Å²) in [7, 11) is 0. The summed E-state index contributed by atoms with van der Waals surface area (Å²) in [4.78, 5) is 9.36. The van der Waals surface area contributed by atoms with Crippen molar-refractivity contribution in [3.63, 3.8) is 0 Å². The van der Waals surface area contributed by atoms with Crippen LogP contribution in [0, 0.1) is 0 Å². The van der Waals surface area contributed by atoms with Crippen molar-refractivity contribution in [2.24, 2.45) is 4.99 Å². The van der Waals surface area contributed by atoms with Crippen molar-refractivity contribution in [3.05, 3.63) is 97.4 Å². The average Bonchev–Trinajstić information content (AvgIpc) is 2.67. The molecule has 0 spiro atoms. The van der Waals surface area contributed by atoms with Gasteiger partial charge in [-0.1, -0.05) is 67.8 Å². The summed E-state index contributed by atoms with van der Waals surface area (Å²) in [6.07, 6.45) is 9.46. The Morgan fingerprint density at radius 3 is 2.72 bits per heavy atom. The third-order valence-corrected chi connectivity index (χ3v) is 3.85. The summed E-state index contributed by atoms with van der Waals surface area (Å²) in [6.45, 7) is 7.76. The number of hydrogen-bond donors (Lipinski definition) is 1. The van der Waals surface area contributed by atoms with Gasteiger partial charge in [0.1, 0.15) is 11.6 Å². The highest BCUT2D eigenvalue weighted by Gasteiger charge is 2.10. The summed E-state index contributed by atoms with van der Waals surface area (Å²) >= 11 is 0. The molecule has 0 aliphatic carbocycles. The third-order valence-electron chi connectivity index (χ3n) is 3.85. The molecule has 0 amide bonds. The minimum atomic E-state index is 0.782. The van der Waals surface area contributed by atoms with Crippen LogP contribution in [-0.4, -0.2) is 10.7 Å². The molecule has 1 aromatic heterocycles. The highest BCUT2D eigenvalue weighted by Crippen LogP contribution is 2.21. The van der Waals surface area contributed by atoms with E-state index in [1.54, 1.807) is 6.08 Å². The van der Waals surface area contributed by atoms with E-state index in [0.717, 1.165) is 47.0 Å². The molecule has 1 aromatic carbocycles. The van der Waals surface area contributed by atoms with Crippen LogP contribution >= 0.6 is 0 Å². The number of aliphatic imine (C=N–C) groups is 1. The van der Waals surface area contributed by atoms with Crippen LogP contribution in [0.3, 0.4) is 0 Å². The van der Waals surface area contributed by atoms with E-state index in [9.17, 15) is 0 Å². The van der Waals surface area contributed by atoms with Crippen LogP contribution in [0.5, 0.6) is 0 Å². The van der Waals surface area contributed by atoms with E-state index >= 15 is 0 Å². The fourth-order valence-electron chi connectivity index (χ4n) is 2.59. The lowest BCUT2D eigenvalue weighted by Crippen LogP contribution is -2.10. The maximum Gasteiger partial charge on any atom is 0.132 e. The number of benzene rings is 1. The second-order valence-corrected chi connectivity index (χ2v) is 5.71. The molecule has 0 atom stereocenters. The largest absolute Gasteiger partial charge is 0.325 e. The van der Waals surface area contributed by atoms with Crippen molar-refractivity contribution in [2.75, 3.05) is 5.32 Å². The molecule has 25 heavy (non-hydrogen) atoms. The molecule has 3 rings (SSSR count). The second kappa shape index (κ2) is 8.06. The summed E-state index contributed by atoms with van der Waals surface area (Å²) < 4.78 is 0. The monoisotopic (exact) mass is 327 g/mol. The topological polar surface area (TPSA) is 37.3 Å². The number of aromatic nitrogens is 1. The van der Waals surface area contributed by atoms with E-state index in [2.05, 4.69) is 46.7 Å². The van der Waals surface area contributed by atoms with Gasteiger partial charge in [-0.2, -0.15) is 0 Å². The minimum absolute atomic E-state index is 0.782. The molecule has 124 valence electrons. The first-order valence-corrected chi connectivity index (χ1v) is 8.32. The van der Waals surface area contributed by atoms with Gasteiger partial charge >= 0.3 is 0 Å². The van der Waals surface area contributed by atoms with Crippen LogP contribution in [0.15, 0.2) is 102 Å². The molecule has 2 heterocycles. The van der Waals surface area contributed by atoms with E-state index in [0.29, 0.717) is 0 Å². The Morgan fingerprint density at radius 1 is 1.08 bits per heavy atom. The van der Waals surface area contributed by atoms with Crippen LogP contribution in [0.1, 0.15) is 12.8 Å². The maximum atomic E-state index is 4.69. The van der Waals surface area contributed by atoms with Gasteiger partial charge in [0.25, 0.3) is 0 Å². The zero-order valence-corrected chi connectivity index (χ0v) is 14.2. The summed E-state index contributed by atoms with van der Waals surface area (Å²) in [5.74, 6) is 1.59. The van der Waals surface area contributed by atoms with Gasteiger partial charge in [0.05, 0.1) is 5.69 Å². The van der Waals surface area contributed by atoms with Crippen molar-refractivity contribution in [1.29, 1.82) is 0 Å². The number of allylic oxidation sites excluding steroid dienone is 5. The molecule has 2 aromatic rings. The predicted molar refractivity (Wildman–Crippen MR) is 107 cm³/mol. The summed E-state index contributed by atoms with van der Waals surface area (Å²) in [5, 5.41) is 3.31. The van der Waals surface area contributed by atoms with Crippen molar-refractivity contribution >= 4 is 11.5 Å². The summed E-state index contributed by atoms with van der Waals surface area (Å²) in [6, 6.07) is 16.1. The number of pyridine rings is 1. The molecular weight excluding hydrogens is 306 g/mol. The number of nitrogens with one attached hydrogen (secondary N) is 1. The van der Waals surface area contributed by atoms with E-state index in [1.165, 1.54) is 0 Å². The molecule has 0 radical (unpaired) electrons. The Morgan fingerprint density at radius 2 is 1.92 bits per heavy atom. The highest BCUT2D eigenvalue weighted by atomic mass is 15.1. The third kappa shape index (κ3) is 4.42. The quantitative estimate of drug-likeness (QED) is 0.708. The lowest BCUT2D eigenvalue weighted by molar-refractivity contribution is 1.02. The van der Waals surface area contributed by atoms with Crippen LogP contribution in [0.25, 0.3) is 11.3 Å². The zero-order chi connectivity index (χ0) is 17.5. The smallest absolute Gasteiger partial charge is 0.132 e. The molecule has 0 fully saturated rings. The van der Waals surface area contributed by atoms with Crippen LogP contribution in [0.4, 0.5) is 5.82 Å². The Balaban J connectivity index is 1.77. The Labute approximate surface area is 148 Å². The van der Waals surface area contributed by atoms with Crippen LogP contribution in [-0.2, 0) is 0 Å². The van der Waals surface area contributed by atoms with Gasteiger partial charge in [-0.25, -0.2) is 9.98 Å². The van der Waals surface area contributed by atoms with Crippen LogP contribution < -0.4 is 5.32 Å². The van der Waals surface area contributed by atoms with Gasteiger partial charge in [-0.3, -0.25) is 0 Å².